The highest BCUT2D eigenvalue weighted by Crippen LogP contribution is 2.34. The minimum absolute atomic E-state index is 0.0653. The topological polar surface area (TPSA) is 87.8 Å². The number of carboxylic acids is 1. The molecule has 1 aliphatic heterocycles. The Morgan fingerprint density at radius 1 is 1.21 bits per heavy atom. The molecule has 3 rings (SSSR count). The summed E-state index contributed by atoms with van der Waals surface area (Å²) in [5, 5.41) is 8.60. The number of furan rings is 1. The summed E-state index contributed by atoms with van der Waals surface area (Å²) >= 11 is 6.70. The second-order valence-corrected chi connectivity index (χ2v) is 7.79. The molecule has 1 aromatic carbocycles. The number of rotatable bonds is 8. The molecule has 0 atom stereocenters. The minimum Gasteiger partial charge on any atom is -0.481 e. The number of halogens is 2. The Labute approximate surface area is 175 Å². The summed E-state index contributed by atoms with van der Waals surface area (Å²) in [6.07, 6.45) is 3.16. The predicted octanol–water partition coefficient (Wildman–Crippen LogP) is 5.42. The molecular weight excluding hydrogens is 421 g/mol. The Morgan fingerprint density at radius 3 is 2.76 bits per heavy atom. The van der Waals surface area contributed by atoms with Crippen molar-refractivity contribution in [2.24, 2.45) is 0 Å². The Morgan fingerprint density at radius 2 is 2.00 bits per heavy atom. The molecule has 0 spiro atoms. The fourth-order valence-corrected chi connectivity index (χ4v) is 3.82. The molecular formula is C20H17ClFNO5S. The van der Waals surface area contributed by atoms with Gasteiger partial charge in [0.1, 0.15) is 17.3 Å². The summed E-state index contributed by atoms with van der Waals surface area (Å²) in [4.78, 5) is 36.4. The number of unbranched alkanes of at least 4 members (excludes halogenated alkanes) is 2. The molecule has 1 aliphatic rings. The van der Waals surface area contributed by atoms with E-state index < -0.39 is 17.7 Å². The first-order valence-corrected chi connectivity index (χ1v) is 10.1. The first-order chi connectivity index (χ1) is 13.8. The number of carbonyl (C=O) groups is 3. The first kappa shape index (κ1) is 21.1. The van der Waals surface area contributed by atoms with Gasteiger partial charge in [0.2, 0.25) is 0 Å². The molecule has 29 heavy (non-hydrogen) atoms. The summed E-state index contributed by atoms with van der Waals surface area (Å²) in [7, 11) is 0. The number of carboxylic acid groups (broad SMARTS) is 1. The van der Waals surface area contributed by atoms with Crippen molar-refractivity contribution in [2.45, 2.75) is 25.7 Å². The third kappa shape index (κ3) is 5.27. The van der Waals surface area contributed by atoms with E-state index in [1.807, 2.05) is 0 Å². The van der Waals surface area contributed by atoms with Crippen LogP contribution in [-0.2, 0) is 9.59 Å². The number of amides is 2. The van der Waals surface area contributed by atoms with E-state index in [1.54, 1.807) is 12.1 Å². The van der Waals surface area contributed by atoms with Crippen LogP contribution in [-0.4, -0.2) is 33.7 Å². The van der Waals surface area contributed by atoms with Gasteiger partial charge in [0.15, 0.2) is 0 Å². The maximum Gasteiger partial charge on any atom is 0.303 e. The molecule has 1 N–H and O–H groups in total. The summed E-state index contributed by atoms with van der Waals surface area (Å²) in [6.45, 7) is 0.235. The standard InChI is InChI=1S/C20H17ClFNO5S/c21-12-5-7-15(22)14(10-12)16-8-6-13(28-16)11-17-19(26)23(20(27)29-17)9-3-1-2-4-18(24)25/h5-8,10-11H,1-4,9H2,(H,24,25). The molecule has 1 aromatic heterocycles. The normalized spacial score (nSPS) is 15.5. The number of imide groups is 1. The SMILES string of the molecule is O=C(O)CCCCCN1C(=O)SC(=Cc2ccc(-c3cc(Cl)ccc3F)o2)C1=O. The average Bonchev–Trinajstić information content (AvgIpc) is 3.23. The summed E-state index contributed by atoms with van der Waals surface area (Å²) in [5.74, 6) is -1.21. The Kier molecular flexibility index (Phi) is 6.76. The van der Waals surface area contributed by atoms with Gasteiger partial charge < -0.3 is 9.52 Å². The van der Waals surface area contributed by atoms with Gasteiger partial charge in [-0.3, -0.25) is 19.3 Å². The zero-order chi connectivity index (χ0) is 21.0. The summed E-state index contributed by atoms with van der Waals surface area (Å²) in [5.41, 5.74) is 0.201. The zero-order valence-corrected chi connectivity index (χ0v) is 16.8. The lowest BCUT2D eigenvalue weighted by Crippen LogP contribution is -2.29. The Hall–Kier alpha value is -2.58. The maximum atomic E-state index is 14.0. The zero-order valence-electron chi connectivity index (χ0n) is 15.2. The quantitative estimate of drug-likeness (QED) is 0.438. The van der Waals surface area contributed by atoms with Gasteiger partial charge in [-0.2, -0.15) is 0 Å². The van der Waals surface area contributed by atoms with Crippen LogP contribution in [0.25, 0.3) is 17.4 Å². The van der Waals surface area contributed by atoms with Crippen LogP contribution in [0.1, 0.15) is 31.4 Å². The molecule has 1 saturated heterocycles. The highest BCUT2D eigenvalue weighted by molar-refractivity contribution is 8.18. The molecule has 1 fully saturated rings. The van der Waals surface area contributed by atoms with Crippen molar-refractivity contribution >= 4 is 46.6 Å². The molecule has 0 bridgehead atoms. The smallest absolute Gasteiger partial charge is 0.303 e. The van der Waals surface area contributed by atoms with Crippen LogP contribution in [0.15, 0.2) is 39.7 Å². The van der Waals surface area contributed by atoms with Crippen molar-refractivity contribution in [3.63, 3.8) is 0 Å². The number of benzene rings is 1. The van der Waals surface area contributed by atoms with Crippen LogP contribution in [0.5, 0.6) is 0 Å². The number of hydrogen-bond acceptors (Lipinski definition) is 5. The van der Waals surface area contributed by atoms with E-state index >= 15 is 0 Å². The average molecular weight is 438 g/mol. The van der Waals surface area contributed by atoms with Crippen molar-refractivity contribution in [1.82, 2.24) is 4.90 Å². The molecule has 6 nitrogen and oxygen atoms in total. The second-order valence-electron chi connectivity index (χ2n) is 6.36. The van der Waals surface area contributed by atoms with Gasteiger partial charge in [-0.15, -0.1) is 0 Å². The van der Waals surface area contributed by atoms with Gasteiger partial charge in [0.25, 0.3) is 11.1 Å². The molecule has 2 aromatic rings. The van der Waals surface area contributed by atoms with Crippen LogP contribution in [0.2, 0.25) is 5.02 Å². The van der Waals surface area contributed by atoms with Crippen LogP contribution in [0, 0.1) is 5.82 Å². The maximum absolute atomic E-state index is 14.0. The van der Waals surface area contributed by atoms with Crippen molar-refractivity contribution in [1.29, 1.82) is 0 Å². The van der Waals surface area contributed by atoms with Gasteiger partial charge in [-0.05, 0) is 54.9 Å². The van der Waals surface area contributed by atoms with Crippen molar-refractivity contribution < 1.29 is 28.3 Å². The number of carbonyl (C=O) groups excluding carboxylic acids is 2. The number of thioether (sulfide) groups is 1. The third-order valence-electron chi connectivity index (χ3n) is 4.24. The van der Waals surface area contributed by atoms with Crippen LogP contribution in [0.4, 0.5) is 9.18 Å². The molecule has 2 heterocycles. The van der Waals surface area contributed by atoms with Crippen molar-refractivity contribution in [2.75, 3.05) is 6.54 Å². The monoisotopic (exact) mass is 437 g/mol. The van der Waals surface area contributed by atoms with Crippen LogP contribution in [0.3, 0.4) is 0 Å². The molecule has 9 heteroatoms. The fraction of sp³-hybridized carbons (Fsp3) is 0.250. The summed E-state index contributed by atoms with van der Waals surface area (Å²) < 4.78 is 19.6. The lowest BCUT2D eigenvalue weighted by molar-refractivity contribution is -0.137. The van der Waals surface area contributed by atoms with Gasteiger partial charge in [-0.1, -0.05) is 18.0 Å². The number of hydrogen-bond donors (Lipinski definition) is 1. The van der Waals surface area contributed by atoms with Crippen LogP contribution < -0.4 is 0 Å². The van der Waals surface area contributed by atoms with Gasteiger partial charge in [0, 0.05) is 24.1 Å². The third-order valence-corrected chi connectivity index (χ3v) is 5.38. The molecule has 0 aliphatic carbocycles. The van der Waals surface area contributed by atoms with E-state index in [-0.39, 0.29) is 34.4 Å². The number of nitrogens with zero attached hydrogens (tertiary/aromatic N) is 1. The van der Waals surface area contributed by atoms with E-state index in [2.05, 4.69) is 0 Å². The van der Waals surface area contributed by atoms with E-state index in [9.17, 15) is 18.8 Å². The van der Waals surface area contributed by atoms with Crippen LogP contribution >= 0.6 is 23.4 Å². The fourth-order valence-electron chi connectivity index (χ4n) is 2.81. The molecule has 2 amide bonds. The van der Waals surface area contributed by atoms with Gasteiger partial charge in [0.05, 0.1) is 10.5 Å². The van der Waals surface area contributed by atoms with E-state index in [0.29, 0.717) is 30.0 Å². The van der Waals surface area contributed by atoms with Gasteiger partial charge in [-0.25, -0.2) is 4.39 Å². The minimum atomic E-state index is -0.866. The Bertz CT molecular complexity index is 987. The first-order valence-electron chi connectivity index (χ1n) is 8.87. The van der Waals surface area contributed by atoms with Crippen molar-refractivity contribution in [3.05, 3.63) is 51.8 Å². The van der Waals surface area contributed by atoms with Crippen molar-refractivity contribution in [3.8, 4) is 11.3 Å². The largest absolute Gasteiger partial charge is 0.481 e. The van der Waals surface area contributed by atoms with E-state index in [4.69, 9.17) is 21.1 Å². The lowest BCUT2D eigenvalue weighted by Gasteiger charge is -2.11. The lowest BCUT2D eigenvalue weighted by atomic mass is 10.1. The highest BCUT2D eigenvalue weighted by atomic mass is 35.5. The van der Waals surface area contributed by atoms with E-state index in [0.717, 1.165) is 16.7 Å². The Balaban J connectivity index is 1.66. The number of aliphatic carboxylic acids is 1. The summed E-state index contributed by atoms with van der Waals surface area (Å²) in [6, 6.07) is 7.25. The molecule has 0 radical (unpaired) electrons. The predicted molar refractivity (Wildman–Crippen MR) is 108 cm³/mol. The van der Waals surface area contributed by atoms with E-state index in [1.165, 1.54) is 24.3 Å². The molecule has 0 unspecified atom stereocenters. The molecule has 0 saturated carbocycles. The van der Waals surface area contributed by atoms with Gasteiger partial charge >= 0.3 is 5.97 Å². The molecule has 152 valence electrons. The second kappa shape index (κ2) is 9.28. The highest BCUT2D eigenvalue weighted by Gasteiger charge is 2.34.